The highest BCUT2D eigenvalue weighted by Crippen LogP contribution is 2.46. The van der Waals surface area contributed by atoms with Crippen LogP contribution in [0.15, 0.2) is 60.7 Å². The zero-order chi connectivity index (χ0) is 21.5. The van der Waals surface area contributed by atoms with Crippen LogP contribution in [0.3, 0.4) is 0 Å². The second-order valence-corrected chi connectivity index (χ2v) is 7.88. The zero-order valence-electron chi connectivity index (χ0n) is 15.4. The molecule has 0 aromatic heterocycles. The number of hydrogen-bond acceptors (Lipinski definition) is 3. The molecule has 0 radical (unpaired) electrons. The summed E-state index contributed by atoms with van der Waals surface area (Å²) in [5.41, 5.74) is 3.05. The maximum atomic E-state index is 12.7. The number of alkyl halides is 3. The first-order chi connectivity index (χ1) is 14.2. The largest absolute Gasteiger partial charge is 0.573 e. The van der Waals surface area contributed by atoms with E-state index >= 15 is 0 Å². The number of halogens is 5. The van der Waals surface area contributed by atoms with Crippen LogP contribution in [0, 0.1) is 0 Å². The van der Waals surface area contributed by atoms with Gasteiger partial charge in [0, 0.05) is 21.7 Å². The molecule has 0 amide bonds. The highest BCUT2D eigenvalue weighted by atomic mass is 35.5. The molecule has 0 fully saturated rings. The van der Waals surface area contributed by atoms with E-state index in [1.54, 1.807) is 42.5 Å². The molecule has 2 unspecified atom stereocenters. The van der Waals surface area contributed by atoms with Gasteiger partial charge in [0.2, 0.25) is 0 Å². The van der Waals surface area contributed by atoms with Crippen molar-refractivity contribution < 1.29 is 23.0 Å². The number of phenolic OH excluding ortho intramolecular Hbond substituents is 1. The number of fused-ring (bicyclic) bond motifs is 1. The van der Waals surface area contributed by atoms with Crippen LogP contribution in [0.5, 0.6) is 11.5 Å². The summed E-state index contributed by atoms with van der Waals surface area (Å²) in [6.07, 6.45) is -4.24. The van der Waals surface area contributed by atoms with Crippen molar-refractivity contribution in [2.45, 2.75) is 24.7 Å². The second kappa shape index (κ2) is 7.93. The monoisotopic (exact) mass is 453 g/mol. The lowest BCUT2D eigenvalue weighted by atomic mass is 9.80. The fourth-order valence-electron chi connectivity index (χ4n) is 3.78. The smallest absolute Gasteiger partial charge is 0.508 e. The van der Waals surface area contributed by atoms with Gasteiger partial charge in [-0.1, -0.05) is 41.4 Å². The Hall–Kier alpha value is -2.57. The fourth-order valence-corrected chi connectivity index (χ4v) is 4.32. The van der Waals surface area contributed by atoms with Gasteiger partial charge in [-0.3, -0.25) is 0 Å². The van der Waals surface area contributed by atoms with Crippen LogP contribution in [0.1, 0.15) is 35.1 Å². The van der Waals surface area contributed by atoms with Gasteiger partial charge in [0.1, 0.15) is 11.5 Å². The first kappa shape index (κ1) is 20.7. The highest BCUT2D eigenvalue weighted by Gasteiger charge is 2.34. The van der Waals surface area contributed by atoms with Gasteiger partial charge in [0.15, 0.2) is 0 Å². The molecule has 2 N–H and O–H groups in total. The second-order valence-electron chi connectivity index (χ2n) is 7.04. The summed E-state index contributed by atoms with van der Waals surface area (Å²) in [6.45, 7) is 0. The standard InChI is InChI=1S/C22H16Cl2F3NO2/c23-13-3-7-16(19(24)9-13)21-11-17(12-1-4-14(29)5-2-12)18-10-15(30-22(25,26)27)6-8-20(18)28-21/h1-10,17,21,28-29H,11H2. The number of anilines is 1. The van der Waals surface area contributed by atoms with E-state index in [1.165, 1.54) is 12.1 Å². The van der Waals surface area contributed by atoms with Crippen molar-refractivity contribution >= 4 is 28.9 Å². The van der Waals surface area contributed by atoms with Crippen molar-refractivity contribution in [3.05, 3.63) is 87.4 Å². The lowest BCUT2D eigenvalue weighted by Crippen LogP contribution is -2.23. The molecule has 1 aliphatic rings. The molecule has 0 saturated heterocycles. The van der Waals surface area contributed by atoms with E-state index in [0.717, 1.165) is 11.1 Å². The molecule has 3 aromatic rings. The number of nitrogens with one attached hydrogen (secondary N) is 1. The Labute approximate surface area is 181 Å². The normalized spacial score (nSPS) is 18.4. The summed E-state index contributed by atoms with van der Waals surface area (Å²) in [7, 11) is 0. The first-order valence-electron chi connectivity index (χ1n) is 9.10. The summed E-state index contributed by atoms with van der Waals surface area (Å²) < 4.78 is 42.2. The third-order valence-corrected chi connectivity index (χ3v) is 5.63. The number of ether oxygens (including phenoxy) is 1. The van der Waals surface area contributed by atoms with Crippen LogP contribution in [-0.2, 0) is 0 Å². The lowest BCUT2D eigenvalue weighted by molar-refractivity contribution is -0.274. The van der Waals surface area contributed by atoms with E-state index in [0.29, 0.717) is 27.7 Å². The Bertz CT molecular complexity index is 1070. The summed E-state index contributed by atoms with van der Waals surface area (Å²) in [6, 6.07) is 15.9. The third kappa shape index (κ3) is 4.45. The van der Waals surface area contributed by atoms with Gasteiger partial charge < -0.3 is 15.2 Å². The van der Waals surface area contributed by atoms with Crippen molar-refractivity contribution in [2.24, 2.45) is 0 Å². The van der Waals surface area contributed by atoms with Crippen LogP contribution < -0.4 is 10.1 Å². The van der Waals surface area contributed by atoms with E-state index in [2.05, 4.69) is 10.1 Å². The van der Waals surface area contributed by atoms with E-state index in [9.17, 15) is 18.3 Å². The minimum atomic E-state index is -4.77. The van der Waals surface area contributed by atoms with Gasteiger partial charge in [-0.15, -0.1) is 13.2 Å². The van der Waals surface area contributed by atoms with Crippen LogP contribution in [0.2, 0.25) is 10.0 Å². The lowest BCUT2D eigenvalue weighted by Gasteiger charge is -2.34. The highest BCUT2D eigenvalue weighted by molar-refractivity contribution is 6.35. The SMILES string of the molecule is Oc1ccc(C2CC(c3ccc(Cl)cc3Cl)Nc3ccc(OC(F)(F)F)cc32)cc1. The molecule has 3 nitrogen and oxygen atoms in total. The number of aromatic hydroxyl groups is 1. The topological polar surface area (TPSA) is 41.5 Å². The van der Waals surface area contributed by atoms with Gasteiger partial charge in [-0.2, -0.15) is 0 Å². The van der Waals surface area contributed by atoms with Crippen LogP contribution in [0.4, 0.5) is 18.9 Å². The quantitative estimate of drug-likeness (QED) is 0.437. The van der Waals surface area contributed by atoms with Crippen molar-refractivity contribution in [3.8, 4) is 11.5 Å². The number of rotatable bonds is 3. The average Bonchev–Trinajstić information content (AvgIpc) is 2.67. The molecule has 4 rings (SSSR count). The predicted molar refractivity (Wildman–Crippen MR) is 111 cm³/mol. The van der Waals surface area contributed by atoms with Gasteiger partial charge >= 0.3 is 6.36 Å². The molecule has 0 saturated carbocycles. The van der Waals surface area contributed by atoms with Gasteiger partial charge in [-0.05, 0) is 65.6 Å². The summed E-state index contributed by atoms with van der Waals surface area (Å²) in [5, 5.41) is 14.0. The molecular weight excluding hydrogens is 438 g/mol. The maximum absolute atomic E-state index is 12.7. The summed E-state index contributed by atoms with van der Waals surface area (Å²) in [5.74, 6) is -0.412. The number of benzene rings is 3. The molecule has 2 atom stereocenters. The van der Waals surface area contributed by atoms with Crippen LogP contribution in [-0.4, -0.2) is 11.5 Å². The summed E-state index contributed by atoms with van der Waals surface area (Å²) in [4.78, 5) is 0. The van der Waals surface area contributed by atoms with Crippen molar-refractivity contribution in [1.82, 2.24) is 0 Å². The van der Waals surface area contributed by atoms with Crippen molar-refractivity contribution in [1.29, 1.82) is 0 Å². The van der Waals surface area contributed by atoms with Crippen LogP contribution >= 0.6 is 23.2 Å². The Morgan fingerprint density at radius 3 is 2.33 bits per heavy atom. The predicted octanol–water partition coefficient (Wildman–Crippen LogP) is 7.29. The van der Waals surface area contributed by atoms with Crippen molar-refractivity contribution in [3.63, 3.8) is 0 Å². The molecule has 8 heteroatoms. The Balaban J connectivity index is 1.77. The number of phenols is 1. The Morgan fingerprint density at radius 2 is 1.67 bits per heavy atom. The molecule has 1 aliphatic heterocycles. The van der Waals surface area contributed by atoms with Gasteiger partial charge in [-0.25, -0.2) is 0 Å². The van der Waals surface area contributed by atoms with Crippen molar-refractivity contribution in [2.75, 3.05) is 5.32 Å². The Morgan fingerprint density at radius 1 is 0.933 bits per heavy atom. The van der Waals surface area contributed by atoms with Gasteiger partial charge in [0.25, 0.3) is 0 Å². The molecule has 0 bridgehead atoms. The molecule has 3 aromatic carbocycles. The molecule has 30 heavy (non-hydrogen) atoms. The van der Waals surface area contributed by atoms with E-state index < -0.39 is 6.36 Å². The van der Waals surface area contributed by atoms with Crippen LogP contribution in [0.25, 0.3) is 0 Å². The molecule has 0 spiro atoms. The fraction of sp³-hybridized carbons (Fsp3) is 0.182. The summed E-state index contributed by atoms with van der Waals surface area (Å²) >= 11 is 12.4. The van der Waals surface area contributed by atoms with E-state index in [4.69, 9.17) is 23.2 Å². The average molecular weight is 454 g/mol. The molecule has 0 aliphatic carbocycles. The van der Waals surface area contributed by atoms with E-state index in [-0.39, 0.29) is 23.5 Å². The molecule has 156 valence electrons. The minimum Gasteiger partial charge on any atom is -0.508 e. The Kier molecular flexibility index (Phi) is 5.47. The molecular formula is C22H16Cl2F3NO2. The first-order valence-corrected chi connectivity index (χ1v) is 9.85. The van der Waals surface area contributed by atoms with Gasteiger partial charge in [0.05, 0.1) is 6.04 Å². The number of hydrogen-bond donors (Lipinski definition) is 2. The third-order valence-electron chi connectivity index (χ3n) is 5.07. The minimum absolute atomic E-state index is 0.111. The van der Waals surface area contributed by atoms with E-state index in [1.807, 2.05) is 6.07 Å². The molecule has 1 heterocycles. The maximum Gasteiger partial charge on any atom is 0.573 e. The zero-order valence-corrected chi connectivity index (χ0v) is 16.9.